The number of halogens is 2. The number of ether oxygens (including phenoxy) is 1. The summed E-state index contributed by atoms with van der Waals surface area (Å²) in [5.41, 5.74) is 0. The molecule has 0 bridgehead atoms. The van der Waals surface area contributed by atoms with Crippen LogP contribution in [-0.4, -0.2) is 54.8 Å². The van der Waals surface area contributed by atoms with E-state index >= 15 is 0 Å². The van der Waals surface area contributed by atoms with Crippen molar-refractivity contribution in [3.05, 3.63) is 28.2 Å². The number of hydrogen-bond acceptors (Lipinski definition) is 5. The zero-order valence-electron chi connectivity index (χ0n) is 13.7. The molecule has 0 aliphatic carbocycles. The number of amidine groups is 1. The lowest BCUT2D eigenvalue weighted by atomic mass is 10.1. The van der Waals surface area contributed by atoms with Crippen LogP contribution in [0, 0.1) is 17.2 Å². The lowest BCUT2D eigenvalue weighted by molar-refractivity contribution is -0.129. The van der Waals surface area contributed by atoms with Crippen LogP contribution in [0.4, 0.5) is 4.79 Å². The van der Waals surface area contributed by atoms with Crippen LogP contribution < -0.4 is 4.74 Å². The Labute approximate surface area is 155 Å². The number of carbonyl (C=O) groups is 2. The number of benzene rings is 1. The van der Waals surface area contributed by atoms with Gasteiger partial charge in [-0.05, 0) is 18.2 Å². The van der Waals surface area contributed by atoms with E-state index in [1.807, 2.05) is 6.07 Å². The van der Waals surface area contributed by atoms with Gasteiger partial charge in [-0.25, -0.2) is 4.79 Å². The molecule has 1 atom stereocenters. The van der Waals surface area contributed by atoms with Crippen molar-refractivity contribution in [2.24, 2.45) is 10.9 Å². The second kappa shape index (κ2) is 8.19. The van der Waals surface area contributed by atoms with Crippen molar-refractivity contribution in [1.82, 2.24) is 9.80 Å². The van der Waals surface area contributed by atoms with Crippen molar-refractivity contribution >= 4 is 41.0 Å². The van der Waals surface area contributed by atoms with Crippen molar-refractivity contribution in [1.29, 1.82) is 5.26 Å². The Bertz CT molecular complexity index is 760. The summed E-state index contributed by atoms with van der Waals surface area (Å²) in [6.45, 7) is 0.633. The molecule has 1 saturated heterocycles. The van der Waals surface area contributed by atoms with E-state index in [9.17, 15) is 14.9 Å². The van der Waals surface area contributed by atoms with E-state index in [-0.39, 0.29) is 5.84 Å². The van der Waals surface area contributed by atoms with Crippen LogP contribution in [0.15, 0.2) is 23.2 Å². The minimum Gasteiger partial charge on any atom is -0.492 e. The van der Waals surface area contributed by atoms with E-state index in [0.717, 1.165) is 4.90 Å². The van der Waals surface area contributed by atoms with Gasteiger partial charge in [0.15, 0.2) is 5.92 Å². The summed E-state index contributed by atoms with van der Waals surface area (Å²) in [5, 5.41) is 10.1. The van der Waals surface area contributed by atoms with Gasteiger partial charge in [-0.3, -0.25) is 19.6 Å². The zero-order valence-corrected chi connectivity index (χ0v) is 15.2. The monoisotopic (exact) mass is 382 g/mol. The molecule has 1 heterocycles. The molecule has 1 unspecified atom stereocenters. The maximum atomic E-state index is 12.0. The Morgan fingerprint density at radius 1 is 1.28 bits per heavy atom. The predicted octanol–water partition coefficient (Wildman–Crippen LogP) is 2.82. The average molecular weight is 383 g/mol. The first-order chi connectivity index (χ1) is 11.9. The summed E-state index contributed by atoms with van der Waals surface area (Å²) in [6.07, 6.45) is 0.521. The van der Waals surface area contributed by atoms with Gasteiger partial charge in [0.2, 0.25) is 0 Å². The third kappa shape index (κ3) is 4.21. The largest absolute Gasteiger partial charge is 0.492 e. The molecule has 25 heavy (non-hydrogen) atoms. The van der Waals surface area contributed by atoms with E-state index in [4.69, 9.17) is 27.9 Å². The molecule has 7 nitrogen and oxygen atoms in total. The molecule has 0 radical (unpaired) electrons. The number of aliphatic imine (C=N–C) groups is 1. The maximum Gasteiger partial charge on any atom is 0.331 e. The Kier molecular flexibility index (Phi) is 6.23. The van der Waals surface area contributed by atoms with Crippen LogP contribution in [0.5, 0.6) is 5.75 Å². The second-order valence-corrected chi connectivity index (χ2v) is 6.16. The maximum absolute atomic E-state index is 12.0. The molecule has 132 valence electrons. The number of urea groups is 1. The number of amides is 3. The highest BCUT2D eigenvalue weighted by atomic mass is 35.5. The van der Waals surface area contributed by atoms with Crippen molar-refractivity contribution in [2.75, 3.05) is 27.2 Å². The van der Waals surface area contributed by atoms with E-state index < -0.39 is 17.9 Å². The summed E-state index contributed by atoms with van der Waals surface area (Å²) in [6, 6.07) is 6.30. The topological polar surface area (TPSA) is 86.0 Å². The number of nitriles is 1. The molecule has 0 spiro atoms. The molecule has 0 N–H and O–H groups in total. The number of carbonyl (C=O) groups excluding carboxylic acids is 2. The van der Waals surface area contributed by atoms with Gasteiger partial charge >= 0.3 is 6.03 Å². The van der Waals surface area contributed by atoms with Gasteiger partial charge in [0.05, 0.1) is 17.7 Å². The fourth-order valence-corrected chi connectivity index (χ4v) is 2.72. The number of rotatable bonds is 5. The fourth-order valence-electron chi connectivity index (χ4n) is 2.26. The van der Waals surface area contributed by atoms with Gasteiger partial charge in [-0.2, -0.15) is 5.26 Å². The highest BCUT2D eigenvalue weighted by Crippen LogP contribution is 2.27. The average Bonchev–Trinajstić information content (AvgIpc) is 2.58. The summed E-state index contributed by atoms with van der Waals surface area (Å²) in [5.74, 6) is -0.997. The minimum absolute atomic E-state index is 0.153. The molecule has 9 heteroatoms. The third-order valence-corrected chi connectivity index (χ3v) is 4.14. The quantitative estimate of drug-likeness (QED) is 0.732. The van der Waals surface area contributed by atoms with Crippen molar-refractivity contribution < 1.29 is 14.3 Å². The van der Waals surface area contributed by atoms with Crippen molar-refractivity contribution in [3.8, 4) is 11.8 Å². The zero-order chi connectivity index (χ0) is 18.6. The minimum atomic E-state index is -1.08. The molecular weight excluding hydrogens is 367 g/mol. The molecule has 0 aromatic heterocycles. The molecule has 0 saturated carbocycles. The molecule has 1 fully saturated rings. The van der Waals surface area contributed by atoms with Gasteiger partial charge in [0.25, 0.3) is 5.91 Å². The first-order valence-corrected chi connectivity index (χ1v) is 8.19. The Morgan fingerprint density at radius 2 is 2.00 bits per heavy atom. The Morgan fingerprint density at radius 3 is 2.64 bits per heavy atom. The molecule has 3 amide bonds. The number of nitrogens with zero attached hydrogens (tertiary/aromatic N) is 4. The van der Waals surface area contributed by atoms with Gasteiger partial charge < -0.3 is 4.74 Å². The standard InChI is InChI=1S/C16H16Cl2N4O3/c1-21-14(11(9-19)15(23)22(2)16(21)24)20-6-3-7-25-13-5-4-10(17)8-12(13)18/h4-5,8,11H,3,6-7H2,1-2H3. The molecule has 1 aromatic carbocycles. The van der Waals surface area contributed by atoms with E-state index in [1.165, 1.54) is 19.0 Å². The van der Waals surface area contributed by atoms with Gasteiger partial charge in [-0.1, -0.05) is 23.2 Å². The van der Waals surface area contributed by atoms with Crippen LogP contribution in [0.1, 0.15) is 6.42 Å². The third-order valence-electron chi connectivity index (χ3n) is 3.61. The Balaban J connectivity index is 1.95. The van der Waals surface area contributed by atoms with Gasteiger partial charge in [0.1, 0.15) is 11.6 Å². The summed E-state index contributed by atoms with van der Waals surface area (Å²) in [7, 11) is 2.82. The molecule has 2 rings (SSSR count). The SMILES string of the molecule is CN1C(=O)C(C#N)C(=NCCCOc2ccc(Cl)cc2Cl)N(C)C1=O. The highest BCUT2D eigenvalue weighted by molar-refractivity contribution is 6.35. The second-order valence-electron chi connectivity index (χ2n) is 5.32. The lowest BCUT2D eigenvalue weighted by Crippen LogP contribution is -2.56. The number of imide groups is 1. The first-order valence-electron chi connectivity index (χ1n) is 7.44. The van der Waals surface area contributed by atoms with Crippen LogP contribution in [0.25, 0.3) is 0 Å². The fraction of sp³-hybridized carbons (Fsp3) is 0.375. The smallest absolute Gasteiger partial charge is 0.331 e. The highest BCUT2D eigenvalue weighted by Gasteiger charge is 2.40. The molecular formula is C16H16Cl2N4O3. The van der Waals surface area contributed by atoms with Crippen LogP contribution in [0.2, 0.25) is 10.0 Å². The Hall–Kier alpha value is -2.30. The van der Waals surface area contributed by atoms with Gasteiger partial charge in [0, 0.05) is 32.1 Å². The van der Waals surface area contributed by atoms with Crippen molar-refractivity contribution in [3.63, 3.8) is 0 Å². The predicted molar refractivity (Wildman–Crippen MR) is 93.9 cm³/mol. The molecule has 1 aliphatic heterocycles. The van der Waals surface area contributed by atoms with Crippen LogP contribution >= 0.6 is 23.2 Å². The van der Waals surface area contributed by atoms with Gasteiger partial charge in [-0.15, -0.1) is 0 Å². The van der Waals surface area contributed by atoms with Crippen LogP contribution in [-0.2, 0) is 4.79 Å². The van der Waals surface area contributed by atoms with Crippen LogP contribution in [0.3, 0.4) is 0 Å². The lowest BCUT2D eigenvalue weighted by Gasteiger charge is -2.32. The normalized spacial score (nSPS) is 19.3. The molecule has 1 aromatic rings. The summed E-state index contributed by atoms with van der Waals surface area (Å²) >= 11 is 11.8. The summed E-state index contributed by atoms with van der Waals surface area (Å²) < 4.78 is 5.54. The number of hydrogen-bond donors (Lipinski definition) is 0. The molecule has 1 aliphatic rings. The first kappa shape index (κ1) is 19.0. The van der Waals surface area contributed by atoms with Crippen molar-refractivity contribution in [2.45, 2.75) is 6.42 Å². The van der Waals surface area contributed by atoms with E-state index in [1.54, 1.807) is 18.2 Å². The summed E-state index contributed by atoms with van der Waals surface area (Å²) in [4.78, 5) is 30.3. The van der Waals surface area contributed by atoms with E-state index in [2.05, 4.69) is 4.99 Å². The van der Waals surface area contributed by atoms with E-state index in [0.29, 0.717) is 35.4 Å².